The Labute approximate surface area is 480 Å². The summed E-state index contributed by atoms with van der Waals surface area (Å²) in [5.74, 6) is -1.45. The third kappa shape index (κ3) is 58.4. The van der Waals surface area contributed by atoms with Gasteiger partial charge < -0.3 is 24.2 Å². The Kier molecular flexibility index (Phi) is 59.0. The molecule has 0 aliphatic heterocycles. The maximum absolute atomic E-state index is 13.0. The number of ether oxygens (including phenoxy) is 3. The molecule has 0 heterocycles. The summed E-state index contributed by atoms with van der Waals surface area (Å²) >= 11 is 0. The first-order chi connectivity index (χ1) is 38.2. The standard InChI is InChI=1S/C66H123O11P/c1-4-7-10-13-16-19-22-25-27-29-31-33-35-38-40-43-46-49-52-55-64(68)73-59-63(77-66(70)57-54-51-48-45-42-39-36-34-32-30-28-26-23-20-17-14-11-8-5-2)61-75-78(71,72)74-60-62(58-67)76-65(69)56-53-50-47-44-41-37-24-21-18-15-12-9-6-3/h17,20,26,28,32,34,62-63,67H,4-16,18-19,21-25,27,29-31,33,35-61H2,1-3H3,(H,71,72)/b20-17-,28-26-,34-32-. The van der Waals surface area contributed by atoms with Crippen molar-refractivity contribution in [1.29, 1.82) is 0 Å². The first-order valence-electron chi connectivity index (χ1n) is 32.9. The molecular formula is C66H123O11P. The highest BCUT2D eigenvalue weighted by Crippen LogP contribution is 2.43. The number of phosphoric ester groups is 1. The number of hydrogen-bond donors (Lipinski definition) is 2. The van der Waals surface area contributed by atoms with E-state index in [1.54, 1.807) is 0 Å². The number of carbonyl (C=O) groups excluding carboxylic acids is 3. The van der Waals surface area contributed by atoms with Crippen molar-refractivity contribution < 1.29 is 52.2 Å². The molecule has 0 aromatic carbocycles. The van der Waals surface area contributed by atoms with E-state index in [2.05, 4.69) is 57.2 Å². The van der Waals surface area contributed by atoms with Crippen LogP contribution in [0.15, 0.2) is 36.5 Å². The summed E-state index contributed by atoms with van der Waals surface area (Å²) in [5, 5.41) is 9.84. The molecule has 0 aliphatic rings. The van der Waals surface area contributed by atoms with Crippen LogP contribution < -0.4 is 0 Å². The quantitative estimate of drug-likeness (QED) is 0.0197. The van der Waals surface area contributed by atoms with Crippen molar-refractivity contribution in [3.63, 3.8) is 0 Å². The molecule has 3 unspecified atom stereocenters. The summed E-state index contributed by atoms with van der Waals surface area (Å²) in [4.78, 5) is 48.7. The van der Waals surface area contributed by atoms with Crippen molar-refractivity contribution in [2.45, 2.75) is 341 Å². The highest BCUT2D eigenvalue weighted by Gasteiger charge is 2.28. The average molecular weight is 1120 g/mol. The fourth-order valence-electron chi connectivity index (χ4n) is 9.54. The summed E-state index contributed by atoms with van der Waals surface area (Å²) in [6.45, 7) is 4.68. The van der Waals surface area contributed by atoms with Crippen LogP contribution in [0.25, 0.3) is 0 Å². The zero-order chi connectivity index (χ0) is 56.9. The molecule has 0 saturated heterocycles. The molecule has 0 amide bonds. The molecule has 0 spiro atoms. The van der Waals surface area contributed by atoms with E-state index >= 15 is 0 Å². The predicted molar refractivity (Wildman–Crippen MR) is 326 cm³/mol. The van der Waals surface area contributed by atoms with Gasteiger partial charge in [-0.05, 0) is 57.8 Å². The third-order valence-corrected chi connectivity index (χ3v) is 15.5. The van der Waals surface area contributed by atoms with Crippen LogP contribution in [-0.2, 0) is 42.2 Å². The van der Waals surface area contributed by atoms with Gasteiger partial charge in [0.15, 0.2) is 6.10 Å². The molecule has 458 valence electrons. The van der Waals surface area contributed by atoms with Gasteiger partial charge in [0.25, 0.3) is 0 Å². The normalized spacial score (nSPS) is 13.4. The summed E-state index contributed by atoms with van der Waals surface area (Å²) < 4.78 is 39.7. The number of allylic oxidation sites excluding steroid dienone is 6. The molecule has 0 aliphatic carbocycles. The van der Waals surface area contributed by atoms with E-state index in [-0.39, 0.29) is 25.9 Å². The van der Waals surface area contributed by atoms with Gasteiger partial charge in [0.1, 0.15) is 12.7 Å². The van der Waals surface area contributed by atoms with Gasteiger partial charge in [0.05, 0.1) is 19.8 Å². The van der Waals surface area contributed by atoms with E-state index in [0.29, 0.717) is 19.3 Å². The van der Waals surface area contributed by atoms with Crippen LogP contribution in [0.2, 0.25) is 0 Å². The average Bonchev–Trinajstić information content (AvgIpc) is 3.43. The number of rotatable bonds is 62. The molecule has 0 rings (SSSR count). The Morgan fingerprint density at radius 2 is 0.628 bits per heavy atom. The van der Waals surface area contributed by atoms with Gasteiger partial charge in [0, 0.05) is 19.3 Å². The number of aliphatic hydroxyl groups excluding tert-OH is 1. The highest BCUT2D eigenvalue weighted by molar-refractivity contribution is 7.47. The topological polar surface area (TPSA) is 155 Å². The highest BCUT2D eigenvalue weighted by atomic mass is 31.2. The van der Waals surface area contributed by atoms with Gasteiger partial charge in [0.2, 0.25) is 0 Å². The van der Waals surface area contributed by atoms with Crippen LogP contribution in [0.1, 0.15) is 329 Å². The van der Waals surface area contributed by atoms with Crippen LogP contribution in [0.4, 0.5) is 0 Å². The molecule has 0 saturated carbocycles. The van der Waals surface area contributed by atoms with Crippen molar-refractivity contribution >= 4 is 25.7 Å². The molecule has 0 radical (unpaired) electrons. The Morgan fingerprint density at radius 1 is 0.359 bits per heavy atom. The maximum Gasteiger partial charge on any atom is 0.472 e. The second-order valence-electron chi connectivity index (χ2n) is 22.3. The fraction of sp³-hybridized carbons (Fsp3) is 0.864. The van der Waals surface area contributed by atoms with E-state index in [1.807, 2.05) is 0 Å². The molecule has 2 N–H and O–H groups in total. The number of unbranched alkanes of at least 4 members (excludes halogenated alkanes) is 39. The van der Waals surface area contributed by atoms with Crippen molar-refractivity contribution in [2.75, 3.05) is 26.4 Å². The molecule has 3 atom stereocenters. The van der Waals surface area contributed by atoms with Crippen LogP contribution in [0, 0.1) is 0 Å². The molecule has 78 heavy (non-hydrogen) atoms. The smallest absolute Gasteiger partial charge is 0.462 e. The van der Waals surface area contributed by atoms with Crippen molar-refractivity contribution in [3.05, 3.63) is 36.5 Å². The monoisotopic (exact) mass is 1120 g/mol. The lowest BCUT2D eigenvalue weighted by atomic mass is 10.0. The second-order valence-corrected chi connectivity index (χ2v) is 23.8. The zero-order valence-corrected chi connectivity index (χ0v) is 51.8. The van der Waals surface area contributed by atoms with Gasteiger partial charge >= 0.3 is 25.7 Å². The van der Waals surface area contributed by atoms with E-state index in [1.165, 1.54) is 180 Å². The largest absolute Gasteiger partial charge is 0.472 e. The Morgan fingerprint density at radius 3 is 0.987 bits per heavy atom. The van der Waals surface area contributed by atoms with E-state index < -0.39 is 57.8 Å². The van der Waals surface area contributed by atoms with Crippen LogP contribution in [-0.4, -0.2) is 66.5 Å². The first-order valence-corrected chi connectivity index (χ1v) is 34.4. The molecule has 0 bridgehead atoms. The minimum atomic E-state index is -4.75. The summed E-state index contributed by atoms with van der Waals surface area (Å²) in [7, 11) is -4.75. The SMILES string of the molecule is CCCCC/C=C\C/C=C\C/C=C\CCCCCCCCC(=O)OC(COC(=O)CCCCCCCCCCCCCCCCCCCCC)COP(=O)(O)OCC(CO)OC(=O)CCCCCCCCCCCCCCC. The second kappa shape index (κ2) is 60.8. The van der Waals surface area contributed by atoms with Gasteiger partial charge in [-0.15, -0.1) is 0 Å². The van der Waals surface area contributed by atoms with E-state index in [0.717, 1.165) is 89.9 Å². The third-order valence-electron chi connectivity index (χ3n) is 14.6. The Bertz CT molecular complexity index is 1450. The number of esters is 3. The summed E-state index contributed by atoms with van der Waals surface area (Å²) in [6.07, 6.45) is 65.2. The fourth-order valence-corrected chi connectivity index (χ4v) is 10.3. The number of aliphatic hydroxyl groups is 1. The maximum atomic E-state index is 13.0. The Hall–Kier alpha value is -2.30. The van der Waals surface area contributed by atoms with E-state index in [9.17, 15) is 28.9 Å². The van der Waals surface area contributed by atoms with Gasteiger partial charge in [-0.1, -0.05) is 288 Å². The number of hydrogen-bond acceptors (Lipinski definition) is 10. The Balaban J connectivity index is 4.68. The van der Waals surface area contributed by atoms with Gasteiger partial charge in [-0.2, -0.15) is 0 Å². The lowest BCUT2D eigenvalue weighted by Crippen LogP contribution is -2.30. The zero-order valence-electron chi connectivity index (χ0n) is 50.9. The lowest BCUT2D eigenvalue weighted by Gasteiger charge is -2.21. The summed E-state index contributed by atoms with van der Waals surface area (Å²) in [5.41, 5.74) is 0. The minimum Gasteiger partial charge on any atom is -0.462 e. The molecule has 0 aromatic rings. The minimum absolute atomic E-state index is 0.158. The molecule has 12 heteroatoms. The van der Waals surface area contributed by atoms with Crippen molar-refractivity contribution in [2.24, 2.45) is 0 Å². The lowest BCUT2D eigenvalue weighted by molar-refractivity contribution is -0.161. The molecule has 11 nitrogen and oxygen atoms in total. The van der Waals surface area contributed by atoms with Crippen LogP contribution in [0.3, 0.4) is 0 Å². The first kappa shape index (κ1) is 75.7. The number of carbonyl (C=O) groups is 3. The molecule has 0 fully saturated rings. The van der Waals surface area contributed by atoms with Crippen LogP contribution in [0.5, 0.6) is 0 Å². The summed E-state index contributed by atoms with van der Waals surface area (Å²) in [6, 6.07) is 0. The molecular weight excluding hydrogens is 1000 g/mol. The molecule has 0 aromatic heterocycles. The van der Waals surface area contributed by atoms with E-state index in [4.69, 9.17) is 23.3 Å². The van der Waals surface area contributed by atoms with Gasteiger partial charge in [-0.3, -0.25) is 23.4 Å². The number of phosphoric acid groups is 1. The van der Waals surface area contributed by atoms with Crippen LogP contribution >= 0.6 is 7.82 Å². The van der Waals surface area contributed by atoms with Crippen molar-refractivity contribution in [1.82, 2.24) is 0 Å². The van der Waals surface area contributed by atoms with Gasteiger partial charge in [-0.25, -0.2) is 4.57 Å². The van der Waals surface area contributed by atoms with Crippen molar-refractivity contribution in [3.8, 4) is 0 Å². The predicted octanol–water partition coefficient (Wildman–Crippen LogP) is 19.9.